The normalized spacial score (nSPS) is 20.5. The minimum absolute atomic E-state index is 0.0606. The van der Waals surface area contributed by atoms with E-state index < -0.39 is 0 Å². The zero-order chi connectivity index (χ0) is 16.4. The first kappa shape index (κ1) is 18.5. The van der Waals surface area contributed by atoms with Crippen LogP contribution in [0.5, 0.6) is 0 Å². The van der Waals surface area contributed by atoms with Crippen molar-refractivity contribution in [3.8, 4) is 0 Å². The molecule has 2 atom stereocenters. The van der Waals surface area contributed by atoms with E-state index in [1.165, 1.54) is 11.8 Å². The molecule has 2 unspecified atom stereocenters. The van der Waals surface area contributed by atoms with Crippen LogP contribution in [0, 0.1) is 5.41 Å². The van der Waals surface area contributed by atoms with Crippen molar-refractivity contribution in [2.75, 3.05) is 20.7 Å². The van der Waals surface area contributed by atoms with Gasteiger partial charge in [0.1, 0.15) is 0 Å². The van der Waals surface area contributed by atoms with E-state index in [1.54, 1.807) is 4.90 Å². The van der Waals surface area contributed by atoms with E-state index in [0.29, 0.717) is 18.3 Å². The molecule has 3 N–H and O–H groups in total. The summed E-state index contributed by atoms with van der Waals surface area (Å²) in [6.45, 7) is 1.34. The highest BCUT2D eigenvalue weighted by molar-refractivity contribution is 7.80. The maximum absolute atomic E-state index is 7.18. The third-order valence-corrected chi connectivity index (χ3v) is 3.59. The Bertz CT molecular complexity index is 454. The van der Waals surface area contributed by atoms with Crippen molar-refractivity contribution in [2.24, 2.45) is 5.73 Å². The largest absolute Gasteiger partial charge is 0.376 e. The van der Waals surface area contributed by atoms with E-state index in [-0.39, 0.29) is 12.2 Å². The lowest BCUT2D eigenvalue weighted by Crippen LogP contribution is -2.31. The summed E-state index contributed by atoms with van der Waals surface area (Å²) in [5, 5.41) is 7.60. The third kappa shape index (κ3) is 7.49. The number of rotatable bonds is 4. The minimum Gasteiger partial charge on any atom is -0.376 e. The first-order valence-corrected chi connectivity index (χ1v) is 7.68. The van der Waals surface area contributed by atoms with Gasteiger partial charge in [-0.1, -0.05) is 30.3 Å². The summed E-state index contributed by atoms with van der Waals surface area (Å²) in [7, 11) is 3.62. The molecule has 1 aromatic carbocycles. The average Bonchev–Trinajstić information content (AvgIpc) is 2.54. The Morgan fingerprint density at radius 1 is 1.45 bits per heavy atom. The van der Waals surface area contributed by atoms with E-state index in [0.717, 1.165) is 12.8 Å². The van der Waals surface area contributed by atoms with Crippen LogP contribution >= 0.6 is 12.2 Å². The lowest BCUT2D eigenvalue weighted by molar-refractivity contribution is -0.0551. The second kappa shape index (κ2) is 10.3. The Kier molecular flexibility index (Phi) is 8.65. The predicted molar refractivity (Wildman–Crippen MR) is 93.2 cm³/mol. The predicted octanol–water partition coefficient (Wildman–Crippen LogP) is 2.19. The van der Waals surface area contributed by atoms with Crippen molar-refractivity contribution in [1.82, 2.24) is 4.90 Å². The van der Waals surface area contributed by atoms with E-state index in [4.69, 9.17) is 20.6 Å². The monoisotopic (exact) mass is 323 g/mol. The molecule has 0 spiro atoms. The van der Waals surface area contributed by atoms with E-state index in [9.17, 15) is 0 Å². The van der Waals surface area contributed by atoms with Gasteiger partial charge in [0.05, 0.1) is 18.8 Å². The van der Waals surface area contributed by atoms with Crippen molar-refractivity contribution >= 4 is 23.5 Å². The molecule has 2 rings (SSSR count). The number of benzene rings is 1. The van der Waals surface area contributed by atoms with E-state index in [2.05, 4.69) is 24.4 Å². The number of nitrogens with one attached hydrogen (secondary N) is 1. The Balaban J connectivity index is 0.000000346. The van der Waals surface area contributed by atoms with Crippen LogP contribution in [0.3, 0.4) is 0 Å². The zero-order valence-electron chi connectivity index (χ0n) is 13.2. The molecule has 1 aromatic rings. The molecule has 22 heavy (non-hydrogen) atoms. The van der Waals surface area contributed by atoms with Gasteiger partial charge in [-0.2, -0.15) is 0 Å². The maximum atomic E-state index is 7.18. The molecule has 1 fully saturated rings. The summed E-state index contributed by atoms with van der Waals surface area (Å²) in [5.74, 6) is 0. The molecule has 122 valence electrons. The Labute approximate surface area is 137 Å². The first-order chi connectivity index (χ1) is 10.5. The fourth-order valence-electron chi connectivity index (χ4n) is 1.85. The van der Waals surface area contributed by atoms with Crippen LogP contribution in [0.4, 0.5) is 0 Å². The highest BCUT2D eigenvalue weighted by Gasteiger charge is 2.21. The number of hydrogen-bond donors (Lipinski definition) is 2. The van der Waals surface area contributed by atoms with Gasteiger partial charge in [-0.3, -0.25) is 0 Å². The summed E-state index contributed by atoms with van der Waals surface area (Å²) in [6, 6.07) is 10.2. The standard InChI is InChI=1S/C13H17NO2.C3H8N2S/c14-9-13-8-12(6-7-15-13)16-10-11-4-2-1-3-5-11;1-5(2)3(4)6/h1-5,9,12-14H,6-8,10H2;1-2H3,(H2,4,6). The highest BCUT2D eigenvalue weighted by atomic mass is 32.1. The van der Waals surface area contributed by atoms with Crippen LogP contribution in [-0.2, 0) is 16.1 Å². The molecule has 1 aliphatic heterocycles. The Morgan fingerprint density at radius 3 is 2.64 bits per heavy atom. The number of nitrogens with zero attached hydrogens (tertiary/aromatic N) is 1. The Hall–Kier alpha value is -1.50. The number of thiocarbonyl (C=S) groups is 1. The smallest absolute Gasteiger partial charge is 0.165 e. The quantitative estimate of drug-likeness (QED) is 0.656. The van der Waals surface area contributed by atoms with Crippen LogP contribution < -0.4 is 5.73 Å². The molecule has 6 heteroatoms. The molecular weight excluding hydrogens is 298 g/mol. The summed E-state index contributed by atoms with van der Waals surface area (Å²) < 4.78 is 11.2. The maximum Gasteiger partial charge on any atom is 0.165 e. The van der Waals surface area contributed by atoms with Gasteiger partial charge < -0.3 is 25.5 Å². The zero-order valence-corrected chi connectivity index (χ0v) is 14.0. The van der Waals surface area contributed by atoms with Gasteiger partial charge >= 0.3 is 0 Å². The van der Waals surface area contributed by atoms with Gasteiger partial charge in [-0.15, -0.1) is 0 Å². The fourth-order valence-corrected chi connectivity index (χ4v) is 1.85. The highest BCUT2D eigenvalue weighted by Crippen LogP contribution is 2.17. The van der Waals surface area contributed by atoms with Gasteiger partial charge in [0.25, 0.3) is 0 Å². The first-order valence-electron chi connectivity index (χ1n) is 7.27. The van der Waals surface area contributed by atoms with Crippen molar-refractivity contribution < 1.29 is 9.47 Å². The van der Waals surface area contributed by atoms with Crippen LogP contribution in [0.2, 0.25) is 0 Å². The SMILES string of the molecule is CN(C)C(N)=S.N=CC1CC(OCc2ccccc2)CCO1. The van der Waals surface area contributed by atoms with Crippen molar-refractivity contribution in [3.63, 3.8) is 0 Å². The summed E-state index contributed by atoms with van der Waals surface area (Å²) >= 11 is 4.52. The fraction of sp³-hybridized carbons (Fsp3) is 0.500. The van der Waals surface area contributed by atoms with Gasteiger partial charge in [0, 0.05) is 33.3 Å². The van der Waals surface area contributed by atoms with Crippen LogP contribution in [0.15, 0.2) is 30.3 Å². The second-order valence-electron chi connectivity index (χ2n) is 5.25. The van der Waals surface area contributed by atoms with E-state index >= 15 is 0 Å². The van der Waals surface area contributed by atoms with Gasteiger partial charge in [0.15, 0.2) is 5.11 Å². The molecule has 1 heterocycles. The van der Waals surface area contributed by atoms with E-state index in [1.807, 2.05) is 32.3 Å². The summed E-state index contributed by atoms with van der Waals surface area (Å²) in [6.07, 6.45) is 3.25. The molecule has 0 amide bonds. The van der Waals surface area contributed by atoms with Crippen molar-refractivity contribution in [1.29, 1.82) is 5.41 Å². The molecule has 1 saturated heterocycles. The molecule has 1 aliphatic rings. The second-order valence-corrected chi connectivity index (χ2v) is 5.67. The van der Waals surface area contributed by atoms with Gasteiger partial charge in [0.2, 0.25) is 0 Å². The molecule has 0 radical (unpaired) electrons. The van der Waals surface area contributed by atoms with Gasteiger partial charge in [-0.25, -0.2) is 0 Å². The lowest BCUT2D eigenvalue weighted by Gasteiger charge is -2.27. The topological polar surface area (TPSA) is 71.6 Å². The number of ether oxygens (including phenoxy) is 2. The molecule has 0 aliphatic carbocycles. The van der Waals surface area contributed by atoms with Crippen LogP contribution in [-0.4, -0.2) is 49.1 Å². The molecule has 0 bridgehead atoms. The molecule has 0 aromatic heterocycles. The van der Waals surface area contributed by atoms with Gasteiger partial charge in [-0.05, 0) is 24.2 Å². The van der Waals surface area contributed by atoms with Crippen LogP contribution in [0.25, 0.3) is 0 Å². The molecular formula is C16H25N3O2S. The molecule has 5 nitrogen and oxygen atoms in total. The molecule has 0 saturated carbocycles. The van der Waals surface area contributed by atoms with Crippen molar-refractivity contribution in [2.45, 2.75) is 31.7 Å². The summed E-state index contributed by atoms with van der Waals surface area (Å²) in [5.41, 5.74) is 6.29. The minimum atomic E-state index is -0.0606. The van der Waals surface area contributed by atoms with Crippen LogP contribution in [0.1, 0.15) is 18.4 Å². The third-order valence-electron chi connectivity index (χ3n) is 3.22. The average molecular weight is 323 g/mol. The number of nitrogens with two attached hydrogens (primary N) is 1. The summed E-state index contributed by atoms with van der Waals surface area (Å²) in [4.78, 5) is 1.68. The Morgan fingerprint density at radius 2 is 2.09 bits per heavy atom. The number of hydrogen-bond acceptors (Lipinski definition) is 4. The lowest BCUT2D eigenvalue weighted by atomic mass is 10.1. The van der Waals surface area contributed by atoms with Crippen molar-refractivity contribution in [3.05, 3.63) is 35.9 Å².